The molecule has 0 spiro atoms. The summed E-state index contributed by atoms with van der Waals surface area (Å²) in [5.41, 5.74) is 8.67. The van der Waals surface area contributed by atoms with Gasteiger partial charge in [0, 0.05) is 0 Å². The zero-order valence-corrected chi connectivity index (χ0v) is 34.4. The third-order valence-corrected chi connectivity index (χ3v) is 13.7. The molecule has 0 aromatic heterocycles. The molecule has 0 N–H and O–H groups in total. The van der Waals surface area contributed by atoms with E-state index < -0.39 is 37.0 Å². The van der Waals surface area contributed by atoms with Gasteiger partial charge in [0.2, 0.25) is 0 Å². The van der Waals surface area contributed by atoms with Crippen LogP contribution in [-0.4, -0.2) is 25.7 Å². The number of halogens is 2. The van der Waals surface area contributed by atoms with E-state index in [1.54, 1.807) is 10.4 Å². The Balaban J connectivity index is 0.000000226. The minimum absolute atomic E-state index is 0.795. The molecule has 0 saturated heterocycles. The molecular weight excluding hydrogens is 703 g/mol. The molecule has 1 aliphatic rings. The number of fused-ring (bicyclic) bond motifs is 4. The Hall–Kier alpha value is -1.40. The van der Waals surface area contributed by atoms with Crippen molar-refractivity contribution < 1.29 is 20.8 Å². The quantitative estimate of drug-likeness (QED) is 0.118. The van der Waals surface area contributed by atoms with E-state index in [9.17, 15) is 0 Å². The van der Waals surface area contributed by atoms with Crippen molar-refractivity contribution >= 4 is 74.2 Å². The maximum Gasteiger partial charge on any atom is 0.0920 e. The van der Waals surface area contributed by atoms with Gasteiger partial charge >= 0.3 is 37.9 Å². The molecule has 6 heteroatoms. The fourth-order valence-corrected chi connectivity index (χ4v) is 9.63. The number of rotatable bonds is 6. The number of benzene rings is 4. The summed E-state index contributed by atoms with van der Waals surface area (Å²) in [5, 5.41) is 8.88. The van der Waals surface area contributed by atoms with Crippen LogP contribution in [0.5, 0.6) is 0 Å². The SMILES string of the molecule is CCCc1cc2c(-c3cc([Si](C)(C)C)cc([Si](C)(C)C)c3)c(CC)ccc2[cH-]1.[Cl][Zr+2][Cl].[c-]1cccc2c1[Si]c1ccccc1-2. The van der Waals surface area contributed by atoms with Crippen molar-refractivity contribution in [2.75, 3.05) is 0 Å². The van der Waals surface area contributed by atoms with Crippen molar-refractivity contribution in [2.45, 2.75) is 72.4 Å². The van der Waals surface area contributed by atoms with Crippen LogP contribution in [0.25, 0.3) is 33.0 Å². The van der Waals surface area contributed by atoms with Gasteiger partial charge in [-0.1, -0.05) is 134 Å². The van der Waals surface area contributed by atoms with Crippen LogP contribution in [0.1, 0.15) is 31.4 Å². The van der Waals surface area contributed by atoms with Crippen molar-refractivity contribution in [1.82, 2.24) is 0 Å². The molecule has 0 nitrogen and oxygen atoms in total. The van der Waals surface area contributed by atoms with Crippen LogP contribution in [0, 0.1) is 6.07 Å². The largest absolute Gasteiger partial charge is 0.184 e. The molecule has 0 fully saturated rings. The van der Waals surface area contributed by atoms with E-state index in [1.807, 2.05) is 6.07 Å². The molecule has 6 rings (SSSR count). The predicted molar refractivity (Wildman–Crippen MR) is 202 cm³/mol. The second kappa shape index (κ2) is 15.5. The van der Waals surface area contributed by atoms with Gasteiger partial charge in [-0.15, -0.1) is 40.1 Å². The molecule has 44 heavy (non-hydrogen) atoms. The molecule has 1 heterocycles. The molecule has 0 atom stereocenters. The van der Waals surface area contributed by atoms with Gasteiger partial charge in [-0.3, -0.25) is 0 Å². The topological polar surface area (TPSA) is 0 Å². The van der Waals surface area contributed by atoms with E-state index in [2.05, 4.69) is 138 Å². The molecule has 0 amide bonds. The Morgan fingerprint density at radius 2 is 1.43 bits per heavy atom. The summed E-state index contributed by atoms with van der Waals surface area (Å²) in [6.07, 6.45) is 3.46. The van der Waals surface area contributed by atoms with E-state index in [4.69, 9.17) is 17.0 Å². The van der Waals surface area contributed by atoms with Crippen LogP contribution in [-0.2, 0) is 33.7 Å². The van der Waals surface area contributed by atoms with E-state index in [1.165, 1.54) is 67.4 Å². The maximum absolute atomic E-state index is 4.93. The Morgan fingerprint density at radius 1 is 0.795 bits per heavy atom. The predicted octanol–water partition coefficient (Wildman–Crippen LogP) is 9.33. The Morgan fingerprint density at radius 3 is 2.05 bits per heavy atom. The zero-order chi connectivity index (χ0) is 32.1. The van der Waals surface area contributed by atoms with Crippen molar-refractivity contribution in [2.24, 2.45) is 0 Å². The minimum Gasteiger partial charge on any atom is -0.184 e. The summed E-state index contributed by atoms with van der Waals surface area (Å²) in [6, 6.07) is 35.3. The van der Waals surface area contributed by atoms with E-state index in [0.717, 1.165) is 15.9 Å². The van der Waals surface area contributed by atoms with Gasteiger partial charge in [-0.25, -0.2) is 0 Å². The second-order valence-electron chi connectivity index (χ2n) is 13.6. The smallest absolute Gasteiger partial charge is 0.0920 e. The zero-order valence-electron chi connectivity index (χ0n) is 27.5. The van der Waals surface area contributed by atoms with Crippen LogP contribution in [0.2, 0.25) is 39.3 Å². The summed E-state index contributed by atoms with van der Waals surface area (Å²) < 4.78 is 0. The first kappa shape index (κ1) is 35.5. The Bertz CT molecular complexity index is 1630. The molecule has 1 aliphatic heterocycles. The molecule has 0 unspecified atom stereocenters. The first-order valence-corrected chi connectivity index (χ1v) is 29.9. The van der Waals surface area contributed by atoms with Crippen molar-refractivity contribution in [3.05, 3.63) is 102 Å². The molecule has 2 radical (unpaired) electrons. The summed E-state index contributed by atoms with van der Waals surface area (Å²) >= 11 is -0.826. The number of hydrogen-bond donors (Lipinski definition) is 0. The number of hydrogen-bond acceptors (Lipinski definition) is 0. The maximum atomic E-state index is 4.93. The first-order valence-electron chi connectivity index (χ1n) is 15.6. The molecule has 0 aliphatic carbocycles. The molecule has 5 aromatic carbocycles. The van der Waals surface area contributed by atoms with Gasteiger partial charge in [0.25, 0.3) is 0 Å². The van der Waals surface area contributed by atoms with E-state index in [-0.39, 0.29) is 0 Å². The summed E-state index contributed by atoms with van der Waals surface area (Å²) in [5.74, 6) is 0. The third-order valence-electron chi connectivity index (χ3n) is 8.24. The van der Waals surface area contributed by atoms with Crippen LogP contribution in [0.4, 0.5) is 0 Å². The summed E-state index contributed by atoms with van der Waals surface area (Å²) in [4.78, 5) is 0. The van der Waals surface area contributed by atoms with Crippen molar-refractivity contribution in [1.29, 1.82) is 0 Å². The summed E-state index contributed by atoms with van der Waals surface area (Å²) in [6.45, 7) is 19.4. The fraction of sp³-hybridized carbons (Fsp3) is 0.289. The van der Waals surface area contributed by atoms with Crippen LogP contribution in [0.15, 0.2) is 84.9 Å². The minimum atomic E-state index is -1.39. The Labute approximate surface area is 289 Å². The van der Waals surface area contributed by atoms with Gasteiger partial charge in [-0.05, 0) is 18.4 Å². The third kappa shape index (κ3) is 8.49. The molecular formula is C38H44Cl2Si3Zr. The average molecular weight is 747 g/mol. The Kier molecular flexibility index (Phi) is 12.5. The standard InChI is InChI=1S/C26H37Si2.C12H7Si.2ClH.Zr/c1-9-11-19-14-21-13-12-20(10-2)26(25(21)15-19)22-16-23(27(3,4)5)18-24(17-22)28(6,7)8;1-3-7-11-9(5-1)10-6-2-4-8-12(10)13-11;;;/h12-18H,9-11H2,1-8H3;1-7H;2*1H;/q2*-1;;;+4/p-2. The normalized spacial score (nSPS) is 12.0. The van der Waals surface area contributed by atoms with Gasteiger partial charge in [0.05, 0.1) is 25.7 Å². The van der Waals surface area contributed by atoms with Gasteiger partial charge in [0.15, 0.2) is 0 Å². The molecule has 226 valence electrons. The van der Waals surface area contributed by atoms with E-state index >= 15 is 0 Å². The first-order chi connectivity index (χ1) is 20.9. The van der Waals surface area contributed by atoms with Crippen molar-refractivity contribution in [3.63, 3.8) is 0 Å². The van der Waals surface area contributed by atoms with Gasteiger partial charge < -0.3 is 0 Å². The monoisotopic (exact) mass is 744 g/mol. The summed E-state index contributed by atoms with van der Waals surface area (Å²) in [7, 11) is 7.89. The molecule has 5 aromatic rings. The number of aryl methyl sites for hydroxylation is 2. The van der Waals surface area contributed by atoms with E-state index in [0.29, 0.717) is 0 Å². The fourth-order valence-electron chi connectivity index (χ4n) is 5.82. The average Bonchev–Trinajstić information content (AvgIpc) is 3.57. The van der Waals surface area contributed by atoms with Crippen LogP contribution in [0.3, 0.4) is 0 Å². The molecule has 0 bridgehead atoms. The van der Waals surface area contributed by atoms with Crippen LogP contribution < -0.4 is 20.7 Å². The molecule has 0 saturated carbocycles. The van der Waals surface area contributed by atoms with Crippen LogP contribution >= 0.6 is 17.0 Å². The second-order valence-corrected chi connectivity index (χ2v) is 28.7. The van der Waals surface area contributed by atoms with Gasteiger partial charge in [0.1, 0.15) is 0 Å². The van der Waals surface area contributed by atoms with Crippen molar-refractivity contribution in [3.8, 4) is 22.3 Å². The van der Waals surface area contributed by atoms with Gasteiger partial charge in [-0.2, -0.15) is 35.5 Å².